The van der Waals surface area contributed by atoms with Gasteiger partial charge in [-0.1, -0.05) is 48.5 Å². The van der Waals surface area contributed by atoms with Gasteiger partial charge in [0.1, 0.15) is 82.3 Å². The van der Waals surface area contributed by atoms with E-state index in [1.165, 1.54) is 19.1 Å². The Morgan fingerprint density at radius 2 is 1.26 bits per heavy atom. The first-order chi connectivity index (χ1) is 40.5. The Kier molecular flexibility index (Phi) is 16.3. The molecular formula is C63H63F6N9O6. The van der Waals surface area contributed by atoms with Crippen LogP contribution in [0.1, 0.15) is 71.3 Å². The van der Waals surface area contributed by atoms with E-state index < -0.39 is 63.6 Å². The third kappa shape index (κ3) is 11.8. The van der Waals surface area contributed by atoms with E-state index in [1.807, 2.05) is 89.5 Å². The van der Waals surface area contributed by atoms with Crippen LogP contribution in [0.15, 0.2) is 115 Å². The molecule has 1 unspecified atom stereocenters. The molecule has 0 spiro atoms. The summed E-state index contributed by atoms with van der Waals surface area (Å²) in [7, 11) is 6.27. The van der Waals surface area contributed by atoms with Crippen molar-refractivity contribution in [1.82, 2.24) is 29.8 Å². The summed E-state index contributed by atoms with van der Waals surface area (Å²) < 4.78 is 131. The second-order valence-corrected chi connectivity index (χ2v) is 21.4. The smallest absolute Gasteiger partial charge is 0.418 e. The zero-order valence-electron chi connectivity index (χ0n) is 47.4. The summed E-state index contributed by atoms with van der Waals surface area (Å²) in [5, 5.41) is -0.0577. The van der Waals surface area contributed by atoms with Crippen molar-refractivity contribution in [2.45, 2.75) is 83.2 Å². The van der Waals surface area contributed by atoms with Gasteiger partial charge in [-0.3, -0.25) is 4.90 Å². The van der Waals surface area contributed by atoms with Gasteiger partial charge in [-0.15, -0.1) is 0 Å². The topological polar surface area (TPSA) is 133 Å². The van der Waals surface area contributed by atoms with E-state index in [-0.39, 0.29) is 74.7 Å². The molecule has 4 aromatic heterocycles. The van der Waals surface area contributed by atoms with Crippen LogP contribution in [-0.2, 0) is 32.4 Å². The van der Waals surface area contributed by atoms with E-state index in [9.17, 15) is 0 Å². The first-order valence-corrected chi connectivity index (χ1v) is 27.6. The highest BCUT2D eigenvalue weighted by Crippen LogP contribution is 2.47. The van der Waals surface area contributed by atoms with Crippen LogP contribution < -0.4 is 43.1 Å². The van der Waals surface area contributed by atoms with Gasteiger partial charge in [0.25, 0.3) is 0 Å². The van der Waals surface area contributed by atoms with Gasteiger partial charge in [-0.25, -0.2) is 28.1 Å². The van der Waals surface area contributed by atoms with Gasteiger partial charge >= 0.3 is 12.2 Å². The number of benzene rings is 4. The SMILES string of the molecule is COc1ccc(CN(Cc2ccc(OC)cc2)c2cc(-c3nc4c5c(nc(OC[C@@]67CCCN6C[C@H](F)C7)nc5c3F)N(C(C)c3cc(F)cnc3N(Cc3ccc(OC)cc3)Cc3ccc(OC)cc3)CCO4)c(C(F)(F)F)c(C)n2)cc1. The lowest BCUT2D eigenvalue weighted by atomic mass is 9.95. The molecule has 3 aliphatic heterocycles. The molecule has 3 atom stereocenters. The van der Waals surface area contributed by atoms with Crippen LogP contribution in [-0.4, -0.2) is 103 Å². The maximum Gasteiger partial charge on any atom is 0.418 e. The lowest BCUT2D eigenvalue weighted by Crippen LogP contribution is -2.43. The highest BCUT2D eigenvalue weighted by Gasteiger charge is 2.50. The fourth-order valence-electron chi connectivity index (χ4n) is 11.8. The van der Waals surface area contributed by atoms with Gasteiger partial charge in [-0.2, -0.15) is 23.1 Å². The molecule has 8 aromatic rings. The number of fused-ring (bicyclic) bond motifs is 1. The molecule has 0 amide bonds. The highest BCUT2D eigenvalue weighted by atomic mass is 19.4. The fraction of sp³-hybridized carbons (Fsp3) is 0.349. The molecule has 2 saturated heterocycles. The van der Waals surface area contributed by atoms with E-state index in [1.54, 1.807) is 62.5 Å². The van der Waals surface area contributed by atoms with E-state index >= 15 is 26.3 Å². The van der Waals surface area contributed by atoms with Crippen LogP contribution in [0.4, 0.5) is 43.8 Å². The average molecular weight is 1160 g/mol. The van der Waals surface area contributed by atoms with Crippen LogP contribution in [0.3, 0.4) is 0 Å². The normalized spacial score (nSPS) is 17.1. The number of ether oxygens (including phenoxy) is 6. The third-order valence-electron chi connectivity index (χ3n) is 16.0. The van der Waals surface area contributed by atoms with Gasteiger partial charge in [0.2, 0.25) is 5.88 Å². The number of methoxy groups -OCH3 is 4. The van der Waals surface area contributed by atoms with Crippen molar-refractivity contribution in [2.24, 2.45) is 0 Å². The van der Waals surface area contributed by atoms with Crippen molar-refractivity contribution in [3.8, 4) is 46.1 Å². The standard InChI is InChI=1S/C63H63F6N9O6/c1-38-54(63(67,68)69)51(29-52(71-38)75(32-40-8-16-46(79-3)17-9-40)33-41-10-18-47(80-4)19-11-41)56-55(66)57-53-59(74-61(73-57)84-37-62-24-7-25-77(62)36-45(65)30-62)78(26-27-83-60(53)72-56)39(2)50-28-44(64)31-70-58(50)76(34-42-12-20-48(81-5)21-13-42)35-43-14-22-49(82-6)23-15-43/h8-23,28-29,31,39,45H,7,24-27,30,32-37H2,1-6H3/t39?,45-,62+/m1/s1. The number of alkyl halides is 4. The summed E-state index contributed by atoms with van der Waals surface area (Å²) in [5.41, 5.74) is -0.303. The molecule has 84 heavy (non-hydrogen) atoms. The number of pyridine rings is 3. The first kappa shape index (κ1) is 57.2. The molecule has 0 saturated carbocycles. The van der Waals surface area contributed by atoms with Crippen molar-refractivity contribution >= 4 is 28.4 Å². The number of hydrogen-bond acceptors (Lipinski definition) is 15. The lowest BCUT2D eigenvalue weighted by molar-refractivity contribution is -0.137. The van der Waals surface area contributed by atoms with Gasteiger partial charge < -0.3 is 43.1 Å². The predicted octanol–water partition coefficient (Wildman–Crippen LogP) is 12.5. The monoisotopic (exact) mass is 1160 g/mol. The molecule has 2 fully saturated rings. The van der Waals surface area contributed by atoms with Crippen molar-refractivity contribution in [2.75, 3.05) is 76.0 Å². The van der Waals surface area contributed by atoms with Crippen molar-refractivity contribution in [3.63, 3.8) is 0 Å². The molecule has 0 bridgehead atoms. The summed E-state index contributed by atoms with van der Waals surface area (Å²) in [5.74, 6) is 1.04. The maximum absolute atomic E-state index is 18.4. The van der Waals surface area contributed by atoms with Crippen LogP contribution in [0.2, 0.25) is 0 Å². The molecule has 7 heterocycles. The van der Waals surface area contributed by atoms with Gasteiger partial charge in [-0.05, 0) is 116 Å². The number of aromatic nitrogens is 5. The summed E-state index contributed by atoms with van der Waals surface area (Å²) in [6, 6.07) is 31.1. The highest BCUT2D eigenvalue weighted by molar-refractivity contribution is 5.97. The molecule has 0 aliphatic carbocycles. The summed E-state index contributed by atoms with van der Waals surface area (Å²) in [4.78, 5) is 31.2. The van der Waals surface area contributed by atoms with Gasteiger partial charge in [0, 0.05) is 50.3 Å². The molecule has 11 rings (SSSR count). The molecule has 3 aliphatic rings. The minimum absolute atomic E-state index is 0.0339. The first-order valence-electron chi connectivity index (χ1n) is 27.6. The van der Waals surface area contributed by atoms with Crippen LogP contribution in [0, 0.1) is 18.6 Å². The predicted molar refractivity (Wildman–Crippen MR) is 306 cm³/mol. The Labute approximate surface area is 482 Å². The number of halogens is 6. The zero-order chi connectivity index (χ0) is 58.9. The molecule has 438 valence electrons. The van der Waals surface area contributed by atoms with Gasteiger partial charge in [0.05, 0.1) is 64.0 Å². The third-order valence-corrected chi connectivity index (χ3v) is 16.0. The minimum atomic E-state index is -5.05. The quantitative estimate of drug-likeness (QED) is 0.0670. The van der Waals surface area contributed by atoms with Crippen molar-refractivity contribution in [1.29, 1.82) is 0 Å². The maximum atomic E-state index is 18.4. The number of hydrogen-bond donors (Lipinski definition) is 0. The van der Waals surface area contributed by atoms with Crippen LogP contribution in [0.5, 0.6) is 34.9 Å². The molecular weight excluding hydrogens is 1090 g/mol. The van der Waals surface area contributed by atoms with E-state index in [0.717, 1.165) is 34.9 Å². The Morgan fingerprint density at radius 3 is 1.80 bits per heavy atom. The van der Waals surface area contributed by atoms with Crippen molar-refractivity contribution < 1.29 is 54.8 Å². The largest absolute Gasteiger partial charge is 0.497 e. The van der Waals surface area contributed by atoms with E-state index in [4.69, 9.17) is 38.4 Å². The number of aryl methyl sites for hydroxylation is 1. The Bertz CT molecular complexity index is 3540. The van der Waals surface area contributed by atoms with E-state index in [2.05, 4.69) is 15.0 Å². The second-order valence-electron chi connectivity index (χ2n) is 21.4. The summed E-state index contributed by atoms with van der Waals surface area (Å²) in [6.07, 6.45) is -3.36. The fourth-order valence-corrected chi connectivity index (χ4v) is 11.8. The molecule has 0 N–H and O–H groups in total. The second kappa shape index (κ2) is 23.9. The molecule has 0 radical (unpaired) electrons. The lowest BCUT2D eigenvalue weighted by Gasteiger charge is -2.34. The van der Waals surface area contributed by atoms with Crippen molar-refractivity contribution in [3.05, 3.63) is 166 Å². The number of anilines is 3. The minimum Gasteiger partial charge on any atom is -0.497 e. The summed E-state index contributed by atoms with van der Waals surface area (Å²) in [6.45, 7) is 4.78. The Morgan fingerprint density at radius 1 is 0.714 bits per heavy atom. The molecule has 21 heteroatoms. The zero-order valence-corrected chi connectivity index (χ0v) is 47.4. The van der Waals surface area contributed by atoms with Crippen LogP contribution >= 0.6 is 0 Å². The van der Waals surface area contributed by atoms with Gasteiger partial charge in [0.15, 0.2) is 5.82 Å². The van der Waals surface area contributed by atoms with E-state index in [0.29, 0.717) is 60.4 Å². The Hall–Kier alpha value is -8.59. The van der Waals surface area contributed by atoms with Crippen LogP contribution in [0.25, 0.3) is 22.2 Å². The summed E-state index contributed by atoms with van der Waals surface area (Å²) >= 11 is 0. The molecule has 15 nitrogen and oxygen atoms in total. The molecule has 4 aromatic carbocycles. The average Bonchev–Trinajstić information content (AvgIpc) is 1.97. The Balaban J connectivity index is 1.06. The number of nitrogens with zero attached hydrogens (tertiary/aromatic N) is 9. The number of rotatable bonds is 20.